The molecule has 0 aliphatic carbocycles. The first-order valence-corrected chi connectivity index (χ1v) is 8.98. The molecule has 0 aliphatic rings. The molecule has 0 aliphatic heterocycles. The van der Waals surface area contributed by atoms with E-state index in [1.54, 1.807) is 12.4 Å². The molecule has 1 atom stereocenters. The lowest BCUT2D eigenvalue weighted by Crippen LogP contribution is -2.18. The Bertz CT molecular complexity index is 1050. The van der Waals surface area contributed by atoms with Gasteiger partial charge >= 0.3 is 0 Å². The number of rotatable bonds is 6. The van der Waals surface area contributed by atoms with Gasteiger partial charge in [0.1, 0.15) is 16.5 Å². The molecule has 8 heteroatoms. The first kappa shape index (κ1) is 16.8. The van der Waals surface area contributed by atoms with E-state index in [4.69, 9.17) is 22.3 Å². The first-order chi connectivity index (χ1) is 12.7. The van der Waals surface area contributed by atoms with E-state index in [1.807, 2.05) is 28.9 Å². The second-order valence-corrected chi connectivity index (χ2v) is 6.66. The number of hydrogen-bond donors (Lipinski definition) is 3. The number of aromatic nitrogens is 5. The molecule has 7 nitrogen and oxygen atoms in total. The maximum absolute atomic E-state index is 6.65. The number of pyridine rings is 1. The third-order valence-corrected chi connectivity index (χ3v) is 4.77. The van der Waals surface area contributed by atoms with Gasteiger partial charge in [-0.1, -0.05) is 11.6 Å². The summed E-state index contributed by atoms with van der Waals surface area (Å²) in [5.74, 6) is 0.706. The van der Waals surface area contributed by atoms with Crippen molar-refractivity contribution in [2.75, 3.05) is 11.9 Å². The van der Waals surface area contributed by atoms with Gasteiger partial charge in [0.25, 0.3) is 0 Å². The van der Waals surface area contributed by atoms with E-state index in [2.05, 4.69) is 27.2 Å². The maximum atomic E-state index is 6.65. The number of H-pyrrole nitrogens is 1. The molecule has 0 amide bonds. The Morgan fingerprint density at radius 3 is 3.08 bits per heavy atom. The Hall–Kier alpha value is -2.64. The van der Waals surface area contributed by atoms with Gasteiger partial charge in [-0.15, -0.1) is 0 Å². The van der Waals surface area contributed by atoms with Crippen LogP contribution >= 0.6 is 11.6 Å². The predicted octanol–water partition coefficient (Wildman–Crippen LogP) is 3.47. The van der Waals surface area contributed by atoms with E-state index in [0.29, 0.717) is 28.9 Å². The van der Waals surface area contributed by atoms with Crippen molar-refractivity contribution in [2.45, 2.75) is 25.8 Å². The van der Waals surface area contributed by atoms with Crippen LogP contribution in [0.2, 0.25) is 5.15 Å². The standard InChI is InChI=1S/C18H20ClN7/c1-11(4-2-6-20)24-17-18-22-8-9-26(18)15(19)14(25-17)13-10-23-16-12(13)5-3-7-21-16/h3,5,7-11H,2,4,6,20H2,1H3,(H,21,23)(H,24,25). The van der Waals surface area contributed by atoms with Gasteiger partial charge in [0.05, 0.1) is 0 Å². The average Bonchev–Trinajstić information content (AvgIpc) is 3.30. The van der Waals surface area contributed by atoms with E-state index in [1.165, 1.54) is 0 Å². The highest BCUT2D eigenvalue weighted by Gasteiger charge is 2.18. The summed E-state index contributed by atoms with van der Waals surface area (Å²) in [5.41, 5.74) is 8.72. The van der Waals surface area contributed by atoms with Gasteiger partial charge < -0.3 is 16.0 Å². The van der Waals surface area contributed by atoms with Gasteiger partial charge in [-0.3, -0.25) is 4.40 Å². The number of nitrogens with two attached hydrogens (primary N) is 1. The van der Waals surface area contributed by atoms with Crippen LogP contribution in [-0.2, 0) is 0 Å². The van der Waals surface area contributed by atoms with Crippen molar-refractivity contribution in [1.82, 2.24) is 24.3 Å². The van der Waals surface area contributed by atoms with Crippen LogP contribution in [0.4, 0.5) is 5.82 Å². The molecule has 0 aromatic carbocycles. The van der Waals surface area contributed by atoms with Crippen molar-refractivity contribution in [3.05, 3.63) is 42.1 Å². The minimum absolute atomic E-state index is 0.227. The summed E-state index contributed by atoms with van der Waals surface area (Å²) in [7, 11) is 0. The van der Waals surface area contributed by atoms with Crippen LogP contribution < -0.4 is 11.1 Å². The summed E-state index contributed by atoms with van der Waals surface area (Å²) in [5, 5.41) is 4.94. The predicted molar refractivity (Wildman–Crippen MR) is 104 cm³/mol. The fourth-order valence-electron chi connectivity index (χ4n) is 3.11. The summed E-state index contributed by atoms with van der Waals surface area (Å²) in [4.78, 5) is 16.7. The summed E-state index contributed by atoms with van der Waals surface area (Å²) < 4.78 is 1.84. The third kappa shape index (κ3) is 2.89. The van der Waals surface area contributed by atoms with Crippen LogP contribution in [0.15, 0.2) is 36.9 Å². The summed E-state index contributed by atoms with van der Waals surface area (Å²) in [6, 6.07) is 4.13. The van der Waals surface area contributed by atoms with Crippen LogP contribution in [0, 0.1) is 0 Å². The molecule has 1 unspecified atom stereocenters. The molecular weight excluding hydrogens is 350 g/mol. The lowest BCUT2D eigenvalue weighted by Gasteiger charge is -2.16. The number of nitrogens with one attached hydrogen (secondary N) is 2. The number of nitrogens with zero attached hydrogens (tertiary/aromatic N) is 4. The van der Waals surface area contributed by atoms with Gasteiger partial charge in [-0.2, -0.15) is 0 Å². The first-order valence-electron chi connectivity index (χ1n) is 8.60. The second-order valence-electron chi connectivity index (χ2n) is 6.30. The highest BCUT2D eigenvalue weighted by Crippen LogP contribution is 2.34. The second kappa shape index (κ2) is 6.93. The van der Waals surface area contributed by atoms with Crippen LogP contribution in [0.3, 0.4) is 0 Å². The summed E-state index contributed by atoms with van der Waals surface area (Å²) in [6.45, 7) is 2.78. The Labute approximate surface area is 155 Å². The van der Waals surface area contributed by atoms with Crippen LogP contribution in [-0.4, -0.2) is 36.9 Å². The number of aromatic amines is 1. The van der Waals surface area contributed by atoms with Gasteiger partial charge in [-0.05, 0) is 38.4 Å². The van der Waals surface area contributed by atoms with Gasteiger partial charge in [0.15, 0.2) is 11.5 Å². The Kier molecular flexibility index (Phi) is 4.48. The number of hydrogen-bond acceptors (Lipinski definition) is 5. The molecule has 4 aromatic heterocycles. The highest BCUT2D eigenvalue weighted by atomic mass is 35.5. The van der Waals surface area contributed by atoms with Gasteiger partial charge in [0.2, 0.25) is 0 Å². The monoisotopic (exact) mass is 369 g/mol. The molecule has 0 saturated heterocycles. The van der Waals surface area contributed by atoms with Crippen molar-refractivity contribution >= 4 is 34.1 Å². The molecule has 134 valence electrons. The highest BCUT2D eigenvalue weighted by molar-refractivity contribution is 6.32. The zero-order chi connectivity index (χ0) is 18.1. The largest absolute Gasteiger partial charge is 0.365 e. The third-order valence-electron chi connectivity index (χ3n) is 4.41. The smallest absolute Gasteiger partial charge is 0.181 e. The van der Waals surface area contributed by atoms with E-state index >= 15 is 0 Å². The molecule has 0 radical (unpaired) electrons. The van der Waals surface area contributed by atoms with Crippen LogP contribution in [0.1, 0.15) is 19.8 Å². The number of fused-ring (bicyclic) bond motifs is 2. The minimum atomic E-state index is 0.227. The van der Waals surface area contributed by atoms with Gasteiger partial charge in [0, 0.05) is 41.8 Å². The molecule has 0 saturated carbocycles. The Morgan fingerprint density at radius 2 is 2.23 bits per heavy atom. The number of anilines is 1. The van der Waals surface area contributed by atoms with Gasteiger partial charge in [-0.25, -0.2) is 15.0 Å². The van der Waals surface area contributed by atoms with Crippen LogP contribution in [0.25, 0.3) is 27.9 Å². The SMILES string of the molecule is CC(CCCN)Nc1nc(-c2c[nH]c3ncccc23)c(Cl)n2ccnc12. The molecule has 4 rings (SSSR count). The van der Waals surface area contributed by atoms with Crippen molar-refractivity contribution in [1.29, 1.82) is 0 Å². The molecular formula is C18H20ClN7. The molecule has 0 bridgehead atoms. The van der Waals surface area contributed by atoms with E-state index in [9.17, 15) is 0 Å². The Morgan fingerprint density at radius 1 is 1.35 bits per heavy atom. The maximum Gasteiger partial charge on any atom is 0.181 e. The lowest BCUT2D eigenvalue weighted by atomic mass is 10.1. The van der Waals surface area contributed by atoms with Crippen LogP contribution in [0.5, 0.6) is 0 Å². The minimum Gasteiger partial charge on any atom is -0.365 e. The normalized spacial score (nSPS) is 12.7. The number of halogens is 1. The van der Waals surface area contributed by atoms with Crippen molar-refractivity contribution in [3.8, 4) is 11.3 Å². The zero-order valence-corrected chi connectivity index (χ0v) is 15.2. The summed E-state index contributed by atoms with van der Waals surface area (Å²) >= 11 is 6.65. The zero-order valence-electron chi connectivity index (χ0n) is 14.4. The van der Waals surface area contributed by atoms with E-state index in [-0.39, 0.29) is 6.04 Å². The van der Waals surface area contributed by atoms with Crippen molar-refractivity contribution < 1.29 is 0 Å². The fourth-order valence-corrected chi connectivity index (χ4v) is 3.39. The molecule has 4 aromatic rings. The van der Waals surface area contributed by atoms with Crippen molar-refractivity contribution in [3.63, 3.8) is 0 Å². The molecule has 0 fully saturated rings. The van der Waals surface area contributed by atoms with E-state index in [0.717, 1.165) is 29.4 Å². The summed E-state index contributed by atoms with van der Waals surface area (Å²) in [6.07, 6.45) is 9.11. The Balaban J connectivity index is 1.84. The molecule has 26 heavy (non-hydrogen) atoms. The van der Waals surface area contributed by atoms with E-state index < -0.39 is 0 Å². The number of imidazole rings is 1. The molecule has 4 heterocycles. The van der Waals surface area contributed by atoms with Crippen molar-refractivity contribution in [2.24, 2.45) is 5.73 Å². The average molecular weight is 370 g/mol. The topological polar surface area (TPSA) is 96.9 Å². The molecule has 4 N–H and O–H groups in total. The lowest BCUT2D eigenvalue weighted by molar-refractivity contribution is 0.661. The molecule has 0 spiro atoms. The quantitative estimate of drug-likeness (QED) is 0.483. The fraction of sp³-hybridized carbons (Fsp3) is 0.278.